The molecule has 2 heterocycles. The molecule has 0 aliphatic rings. The van der Waals surface area contributed by atoms with Gasteiger partial charge in [-0.25, -0.2) is 9.97 Å². The Morgan fingerprint density at radius 2 is 1.44 bits per heavy atom. The van der Waals surface area contributed by atoms with E-state index in [1.54, 1.807) is 12.3 Å². The van der Waals surface area contributed by atoms with Crippen LogP contribution in [-0.4, -0.2) is 15.1 Å². The largest absolute Gasteiger partial charge is 0.392 e. The number of aromatic nitrogens is 2. The van der Waals surface area contributed by atoms with Gasteiger partial charge in [0.25, 0.3) is 0 Å². The zero-order valence-corrected chi connectivity index (χ0v) is 14.7. The molecule has 0 aliphatic carbocycles. The minimum Gasteiger partial charge on any atom is -0.392 e. The monoisotopic (exact) mass is 484 g/mol. The minimum absolute atomic E-state index is 0.0558. The van der Waals surface area contributed by atoms with E-state index in [-0.39, 0.29) is 6.61 Å². The van der Waals surface area contributed by atoms with Gasteiger partial charge < -0.3 is 5.11 Å². The van der Waals surface area contributed by atoms with Gasteiger partial charge in [0.1, 0.15) is 9.21 Å². The molecule has 0 atom stereocenters. The third-order valence-corrected chi connectivity index (χ3v) is 3.73. The highest BCUT2D eigenvalue weighted by molar-refractivity contribution is 14.1. The summed E-state index contributed by atoms with van der Waals surface area (Å²) in [6.45, 7) is 0.0558. The number of alkyl halides is 1. The first-order chi connectivity index (χ1) is 8.65. The number of aliphatic hydroxyl groups excluding tert-OH is 1. The number of hydrogen-bond acceptors (Lipinski definition) is 3. The van der Waals surface area contributed by atoms with Gasteiger partial charge in [0.05, 0.1) is 6.61 Å². The van der Waals surface area contributed by atoms with Gasteiger partial charge in [0, 0.05) is 16.8 Å². The highest BCUT2D eigenvalue weighted by Gasteiger charge is 1.89. The van der Waals surface area contributed by atoms with Crippen molar-refractivity contribution in [3.63, 3.8) is 0 Å². The predicted molar refractivity (Wildman–Crippen MR) is 87.5 cm³/mol. The van der Waals surface area contributed by atoms with Crippen molar-refractivity contribution in [3.05, 3.63) is 57.0 Å². The van der Waals surface area contributed by atoms with Crippen LogP contribution in [0, 0.1) is 0 Å². The standard InChI is InChI=1S/C6H5BrIN.C6H6BrNO/c7-6-2-1-5(3-8)4-9-6;7-6-2-1-5(4-9)3-8-6/h1-2,4H,3H2;1-3,9H,4H2. The summed E-state index contributed by atoms with van der Waals surface area (Å²) in [5.41, 5.74) is 2.09. The lowest BCUT2D eigenvalue weighted by Gasteiger charge is -1.92. The summed E-state index contributed by atoms with van der Waals surface area (Å²) in [6.07, 6.45) is 3.50. The number of nitrogens with zero attached hydrogens (tertiary/aromatic N) is 2. The molecule has 0 amide bonds. The van der Waals surface area contributed by atoms with Crippen LogP contribution in [-0.2, 0) is 11.0 Å². The Balaban J connectivity index is 0.000000180. The predicted octanol–water partition coefficient (Wildman–Crippen LogP) is 4.12. The van der Waals surface area contributed by atoms with Crippen LogP contribution in [0.5, 0.6) is 0 Å². The lowest BCUT2D eigenvalue weighted by Crippen LogP contribution is -1.83. The van der Waals surface area contributed by atoms with E-state index in [1.807, 2.05) is 18.3 Å². The van der Waals surface area contributed by atoms with Crippen LogP contribution in [0.15, 0.2) is 45.9 Å². The Morgan fingerprint density at radius 1 is 0.944 bits per heavy atom. The van der Waals surface area contributed by atoms with Gasteiger partial charge in [-0.3, -0.25) is 0 Å². The second-order valence-electron chi connectivity index (χ2n) is 3.27. The third kappa shape index (κ3) is 6.21. The average molecular weight is 486 g/mol. The van der Waals surface area contributed by atoms with Crippen LogP contribution in [0.4, 0.5) is 0 Å². The summed E-state index contributed by atoms with van der Waals surface area (Å²) < 4.78 is 2.72. The smallest absolute Gasteiger partial charge is 0.106 e. The molecule has 0 aliphatic heterocycles. The van der Waals surface area contributed by atoms with E-state index in [2.05, 4.69) is 70.5 Å². The molecule has 0 aromatic carbocycles. The average Bonchev–Trinajstić information content (AvgIpc) is 2.41. The lowest BCUT2D eigenvalue weighted by molar-refractivity contribution is 0.281. The van der Waals surface area contributed by atoms with Crippen molar-refractivity contribution < 1.29 is 5.11 Å². The summed E-state index contributed by atoms with van der Waals surface area (Å²) >= 11 is 8.75. The fourth-order valence-corrected chi connectivity index (χ4v) is 1.91. The second kappa shape index (κ2) is 8.95. The number of rotatable bonds is 2. The zero-order valence-electron chi connectivity index (χ0n) is 9.35. The van der Waals surface area contributed by atoms with Crippen LogP contribution >= 0.6 is 54.5 Å². The summed E-state index contributed by atoms with van der Waals surface area (Å²) in [7, 11) is 0. The minimum atomic E-state index is 0.0558. The molecule has 0 unspecified atom stereocenters. The number of halogens is 3. The molecule has 96 valence electrons. The van der Waals surface area contributed by atoms with Gasteiger partial charge in [0.2, 0.25) is 0 Å². The molecule has 2 rings (SSSR count). The van der Waals surface area contributed by atoms with Gasteiger partial charge in [-0.1, -0.05) is 34.7 Å². The van der Waals surface area contributed by atoms with E-state index in [4.69, 9.17) is 5.11 Å². The van der Waals surface area contributed by atoms with Gasteiger partial charge >= 0.3 is 0 Å². The van der Waals surface area contributed by atoms with Crippen molar-refractivity contribution in [2.45, 2.75) is 11.0 Å². The summed E-state index contributed by atoms with van der Waals surface area (Å²) in [5.74, 6) is 0. The molecule has 0 saturated carbocycles. The van der Waals surface area contributed by atoms with Gasteiger partial charge in [-0.05, 0) is 55.1 Å². The first-order valence-electron chi connectivity index (χ1n) is 5.03. The van der Waals surface area contributed by atoms with Crippen LogP contribution in [0.1, 0.15) is 11.1 Å². The fourth-order valence-electron chi connectivity index (χ4n) is 0.985. The highest BCUT2D eigenvalue weighted by Crippen LogP contribution is 2.08. The number of pyridine rings is 2. The van der Waals surface area contributed by atoms with Crippen molar-refractivity contribution in [1.82, 2.24) is 9.97 Å². The number of aliphatic hydroxyl groups is 1. The molecule has 2 aromatic heterocycles. The molecule has 6 heteroatoms. The maximum atomic E-state index is 8.57. The quantitative estimate of drug-likeness (QED) is 0.395. The Labute approximate surface area is 136 Å². The topological polar surface area (TPSA) is 46.0 Å². The Hall–Kier alpha value is -0.0500. The summed E-state index contributed by atoms with van der Waals surface area (Å²) in [6, 6.07) is 7.63. The fraction of sp³-hybridized carbons (Fsp3) is 0.167. The van der Waals surface area contributed by atoms with Gasteiger partial charge in [-0.2, -0.15) is 0 Å². The first kappa shape index (κ1) is 16.0. The summed E-state index contributed by atoms with van der Waals surface area (Å²) in [5, 5.41) is 8.57. The van der Waals surface area contributed by atoms with Crippen LogP contribution in [0.25, 0.3) is 0 Å². The molecule has 2 aromatic rings. The Bertz CT molecular complexity index is 417. The van der Waals surface area contributed by atoms with Crippen molar-refractivity contribution in [2.75, 3.05) is 0 Å². The van der Waals surface area contributed by atoms with Crippen molar-refractivity contribution in [2.24, 2.45) is 0 Å². The number of hydrogen-bond donors (Lipinski definition) is 1. The lowest BCUT2D eigenvalue weighted by atomic mass is 10.3. The van der Waals surface area contributed by atoms with Gasteiger partial charge in [0.15, 0.2) is 0 Å². The van der Waals surface area contributed by atoms with Crippen molar-refractivity contribution in [3.8, 4) is 0 Å². The molecule has 0 fully saturated rings. The van der Waals surface area contributed by atoms with E-state index in [0.717, 1.165) is 19.2 Å². The van der Waals surface area contributed by atoms with Crippen molar-refractivity contribution in [1.29, 1.82) is 0 Å². The van der Waals surface area contributed by atoms with Crippen LogP contribution in [0.2, 0.25) is 0 Å². The molecule has 0 radical (unpaired) electrons. The van der Waals surface area contributed by atoms with E-state index < -0.39 is 0 Å². The van der Waals surface area contributed by atoms with E-state index in [1.165, 1.54) is 5.56 Å². The normalized spacial score (nSPS) is 9.56. The SMILES string of the molecule is Brc1ccc(CI)cn1.OCc1ccc(Br)nc1. The third-order valence-electron chi connectivity index (χ3n) is 1.91. The maximum absolute atomic E-state index is 8.57. The van der Waals surface area contributed by atoms with Crippen LogP contribution in [0.3, 0.4) is 0 Å². The maximum Gasteiger partial charge on any atom is 0.106 e. The van der Waals surface area contributed by atoms with E-state index >= 15 is 0 Å². The summed E-state index contributed by atoms with van der Waals surface area (Å²) in [4.78, 5) is 7.97. The van der Waals surface area contributed by atoms with Crippen LogP contribution < -0.4 is 0 Å². The molecule has 18 heavy (non-hydrogen) atoms. The molecular weight excluding hydrogens is 475 g/mol. The molecule has 0 saturated heterocycles. The zero-order chi connectivity index (χ0) is 13.4. The van der Waals surface area contributed by atoms with Crippen molar-refractivity contribution >= 4 is 54.5 Å². The Kier molecular flexibility index (Phi) is 7.96. The molecule has 3 nitrogen and oxygen atoms in total. The molecule has 0 bridgehead atoms. The molecule has 1 N–H and O–H groups in total. The Morgan fingerprint density at radius 3 is 1.78 bits per heavy atom. The molecule has 0 spiro atoms. The van der Waals surface area contributed by atoms with E-state index in [9.17, 15) is 0 Å². The molecular formula is C12H11Br2IN2O. The highest BCUT2D eigenvalue weighted by atomic mass is 127. The van der Waals surface area contributed by atoms with E-state index in [0.29, 0.717) is 0 Å². The van der Waals surface area contributed by atoms with Gasteiger partial charge in [-0.15, -0.1) is 0 Å². The second-order valence-corrected chi connectivity index (χ2v) is 5.66. The first-order valence-corrected chi connectivity index (χ1v) is 8.14.